The fourth-order valence-electron chi connectivity index (χ4n) is 1.45. The molecular formula is C12H15ClFNO. The molecule has 1 aromatic carbocycles. The van der Waals surface area contributed by atoms with Crippen LogP contribution >= 0.6 is 11.6 Å². The van der Waals surface area contributed by atoms with Crippen molar-refractivity contribution < 1.29 is 9.18 Å². The topological polar surface area (TPSA) is 43.1 Å². The van der Waals surface area contributed by atoms with Gasteiger partial charge in [-0.2, -0.15) is 0 Å². The van der Waals surface area contributed by atoms with E-state index in [4.69, 9.17) is 17.3 Å². The van der Waals surface area contributed by atoms with Gasteiger partial charge in [0.15, 0.2) is 0 Å². The van der Waals surface area contributed by atoms with Crippen LogP contribution in [0.3, 0.4) is 0 Å². The molecule has 0 unspecified atom stereocenters. The number of ketones is 1. The summed E-state index contributed by atoms with van der Waals surface area (Å²) in [6.07, 6.45) is 0.290. The highest BCUT2D eigenvalue weighted by atomic mass is 35.5. The Bertz CT molecular complexity index is 398. The molecule has 1 aromatic rings. The summed E-state index contributed by atoms with van der Waals surface area (Å²) in [5.41, 5.74) is 5.52. The van der Waals surface area contributed by atoms with Crippen LogP contribution in [0.15, 0.2) is 18.2 Å². The largest absolute Gasteiger partial charge is 0.325 e. The van der Waals surface area contributed by atoms with E-state index < -0.39 is 11.4 Å². The smallest absolute Gasteiger partial charge is 0.139 e. The molecule has 0 aromatic heterocycles. The fraction of sp³-hybridized carbons (Fsp3) is 0.417. The Morgan fingerprint density at radius 3 is 2.62 bits per heavy atom. The van der Waals surface area contributed by atoms with Crippen LogP contribution in [0.4, 0.5) is 4.39 Å². The van der Waals surface area contributed by atoms with Crippen LogP contribution in [0.2, 0.25) is 5.02 Å². The van der Waals surface area contributed by atoms with Gasteiger partial charge in [0.05, 0.1) is 0 Å². The van der Waals surface area contributed by atoms with Gasteiger partial charge in [-0.3, -0.25) is 4.79 Å². The van der Waals surface area contributed by atoms with E-state index in [0.717, 1.165) is 0 Å². The molecule has 0 saturated carbocycles. The number of carbonyl (C=O) groups excluding carboxylic acids is 1. The molecule has 0 fully saturated rings. The molecule has 0 aliphatic rings. The number of benzene rings is 1. The molecular weight excluding hydrogens is 229 g/mol. The van der Waals surface area contributed by atoms with E-state index >= 15 is 0 Å². The quantitative estimate of drug-likeness (QED) is 0.884. The van der Waals surface area contributed by atoms with Crippen molar-refractivity contribution in [3.63, 3.8) is 0 Å². The fourth-order valence-corrected chi connectivity index (χ4v) is 1.61. The second-order valence-electron chi connectivity index (χ2n) is 4.62. The van der Waals surface area contributed by atoms with Crippen LogP contribution in [-0.4, -0.2) is 11.3 Å². The van der Waals surface area contributed by atoms with Crippen LogP contribution in [0.25, 0.3) is 0 Å². The molecule has 2 N–H and O–H groups in total. The Kier molecular flexibility index (Phi) is 4.05. The maximum absolute atomic E-state index is 13.4. The van der Waals surface area contributed by atoms with E-state index in [2.05, 4.69) is 0 Å². The molecule has 1 rings (SSSR count). The molecule has 0 spiro atoms. The molecule has 0 bridgehead atoms. The zero-order valence-corrected chi connectivity index (χ0v) is 10.1. The predicted octanol–water partition coefficient (Wildman–Crippen LogP) is 2.72. The van der Waals surface area contributed by atoms with Crippen molar-refractivity contribution >= 4 is 17.4 Å². The van der Waals surface area contributed by atoms with E-state index in [1.807, 2.05) is 0 Å². The number of hydrogen-bond donors (Lipinski definition) is 1. The minimum atomic E-state index is -0.556. The molecule has 0 aliphatic carbocycles. The van der Waals surface area contributed by atoms with E-state index in [1.165, 1.54) is 12.1 Å². The number of Topliss-reactive ketones (excluding diaryl/α,β-unsaturated/α-hetero) is 1. The van der Waals surface area contributed by atoms with Crippen molar-refractivity contribution in [1.29, 1.82) is 0 Å². The minimum Gasteiger partial charge on any atom is -0.325 e. The van der Waals surface area contributed by atoms with Crippen molar-refractivity contribution in [2.24, 2.45) is 5.73 Å². The Hall–Kier alpha value is -0.930. The highest BCUT2D eigenvalue weighted by molar-refractivity contribution is 6.30. The molecule has 4 heteroatoms. The first-order valence-corrected chi connectivity index (χ1v) is 5.40. The molecule has 0 aliphatic heterocycles. The van der Waals surface area contributed by atoms with Crippen LogP contribution in [-0.2, 0) is 11.2 Å². The normalized spacial score (nSPS) is 11.6. The molecule has 0 radical (unpaired) electrons. The summed E-state index contributed by atoms with van der Waals surface area (Å²) in [7, 11) is 0. The average Bonchev–Trinajstić information content (AvgIpc) is 2.06. The first-order valence-electron chi connectivity index (χ1n) is 5.02. The zero-order valence-electron chi connectivity index (χ0n) is 9.39. The van der Waals surface area contributed by atoms with Gasteiger partial charge in [-0.05, 0) is 31.5 Å². The molecule has 2 nitrogen and oxygen atoms in total. The van der Waals surface area contributed by atoms with E-state index in [-0.39, 0.29) is 18.6 Å². The summed E-state index contributed by atoms with van der Waals surface area (Å²) in [6, 6.07) is 4.30. The van der Waals surface area contributed by atoms with Gasteiger partial charge >= 0.3 is 0 Å². The monoisotopic (exact) mass is 243 g/mol. The first-order chi connectivity index (χ1) is 7.28. The third-order valence-electron chi connectivity index (χ3n) is 2.06. The predicted molar refractivity (Wildman–Crippen MR) is 63.0 cm³/mol. The number of nitrogens with two attached hydrogens (primary N) is 1. The highest BCUT2D eigenvalue weighted by Crippen LogP contribution is 2.16. The number of rotatable bonds is 4. The summed E-state index contributed by atoms with van der Waals surface area (Å²) >= 11 is 5.62. The van der Waals surface area contributed by atoms with Crippen molar-refractivity contribution in [3.05, 3.63) is 34.6 Å². The second kappa shape index (κ2) is 4.93. The van der Waals surface area contributed by atoms with E-state index in [1.54, 1.807) is 19.9 Å². The van der Waals surface area contributed by atoms with Gasteiger partial charge < -0.3 is 5.73 Å². The van der Waals surface area contributed by atoms with Crippen molar-refractivity contribution in [2.75, 3.05) is 0 Å². The van der Waals surface area contributed by atoms with Crippen LogP contribution in [0, 0.1) is 5.82 Å². The summed E-state index contributed by atoms with van der Waals surface area (Å²) in [4.78, 5) is 11.6. The Morgan fingerprint density at radius 1 is 1.50 bits per heavy atom. The summed E-state index contributed by atoms with van der Waals surface area (Å²) in [6.45, 7) is 3.53. The second-order valence-corrected chi connectivity index (χ2v) is 5.05. The number of halogens is 2. The van der Waals surface area contributed by atoms with E-state index in [0.29, 0.717) is 10.6 Å². The SMILES string of the molecule is CC(C)(N)CC(=O)Cc1ccc(Cl)cc1F. The molecule has 0 saturated heterocycles. The third-order valence-corrected chi connectivity index (χ3v) is 2.29. The summed E-state index contributed by atoms with van der Waals surface area (Å²) in [5, 5.41) is 0.327. The van der Waals surface area contributed by atoms with E-state index in [9.17, 15) is 9.18 Å². The van der Waals surface area contributed by atoms with Gasteiger partial charge in [-0.1, -0.05) is 17.7 Å². The molecule has 0 amide bonds. The summed E-state index contributed by atoms with van der Waals surface area (Å²) in [5.74, 6) is -0.524. The zero-order chi connectivity index (χ0) is 12.3. The lowest BCUT2D eigenvalue weighted by atomic mass is 9.95. The van der Waals surface area contributed by atoms with Crippen molar-refractivity contribution in [3.8, 4) is 0 Å². The number of hydrogen-bond acceptors (Lipinski definition) is 2. The number of carbonyl (C=O) groups is 1. The van der Waals surface area contributed by atoms with Gasteiger partial charge in [0.25, 0.3) is 0 Å². The lowest BCUT2D eigenvalue weighted by molar-refractivity contribution is -0.119. The van der Waals surface area contributed by atoms with Crippen LogP contribution in [0.5, 0.6) is 0 Å². The first kappa shape index (κ1) is 13.1. The molecule has 0 heterocycles. The Balaban J connectivity index is 2.70. The van der Waals surface area contributed by atoms with Crippen LogP contribution in [0.1, 0.15) is 25.8 Å². The van der Waals surface area contributed by atoms with Gasteiger partial charge in [0.1, 0.15) is 11.6 Å². The Morgan fingerprint density at radius 2 is 2.12 bits per heavy atom. The Labute approximate surface area is 99.6 Å². The lowest BCUT2D eigenvalue weighted by Gasteiger charge is -2.17. The van der Waals surface area contributed by atoms with Crippen LogP contribution < -0.4 is 5.73 Å². The maximum atomic E-state index is 13.4. The van der Waals surface area contributed by atoms with Crippen molar-refractivity contribution in [1.82, 2.24) is 0 Å². The molecule has 16 heavy (non-hydrogen) atoms. The van der Waals surface area contributed by atoms with Crippen molar-refractivity contribution in [2.45, 2.75) is 32.2 Å². The van der Waals surface area contributed by atoms with Gasteiger partial charge in [0, 0.05) is 23.4 Å². The third kappa shape index (κ3) is 4.29. The summed E-state index contributed by atoms with van der Waals surface area (Å²) < 4.78 is 13.4. The lowest BCUT2D eigenvalue weighted by Crippen LogP contribution is -2.35. The molecule has 0 atom stereocenters. The van der Waals surface area contributed by atoms with Gasteiger partial charge in [0.2, 0.25) is 0 Å². The minimum absolute atomic E-state index is 0.0592. The van der Waals surface area contributed by atoms with Gasteiger partial charge in [-0.25, -0.2) is 4.39 Å². The molecule has 88 valence electrons. The maximum Gasteiger partial charge on any atom is 0.139 e. The standard InChI is InChI=1S/C12H15ClFNO/c1-12(2,15)7-10(16)5-8-3-4-9(13)6-11(8)14/h3-4,6H,5,7,15H2,1-2H3. The average molecular weight is 244 g/mol. The van der Waals surface area contributed by atoms with Gasteiger partial charge in [-0.15, -0.1) is 0 Å². The highest BCUT2D eigenvalue weighted by Gasteiger charge is 2.17.